The second-order valence-electron chi connectivity index (χ2n) is 12.4. The summed E-state index contributed by atoms with van der Waals surface area (Å²) >= 11 is 3.75. The normalized spacial score (nSPS) is 12.3. The fourth-order valence-electron chi connectivity index (χ4n) is 7.89. The Labute approximate surface area is 277 Å². The van der Waals surface area contributed by atoms with E-state index < -0.39 is 0 Å². The summed E-state index contributed by atoms with van der Waals surface area (Å²) < 4.78 is 10.3. The Morgan fingerprint density at radius 3 is 1.89 bits per heavy atom. The average molecular weight is 633 g/mol. The zero-order valence-corrected chi connectivity index (χ0v) is 26.7. The van der Waals surface area contributed by atoms with E-state index in [0.29, 0.717) is 0 Å². The zero-order chi connectivity index (χ0) is 30.6. The molecule has 11 rings (SSSR count). The molecule has 0 aliphatic rings. The quantitative estimate of drug-likeness (QED) is 0.173. The lowest BCUT2D eigenvalue weighted by atomic mass is 9.85. The first-order valence-electron chi connectivity index (χ1n) is 15.9. The van der Waals surface area contributed by atoms with Gasteiger partial charge in [-0.15, -0.1) is 22.7 Å². The molecule has 1 nitrogen and oxygen atoms in total. The van der Waals surface area contributed by atoms with Gasteiger partial charge in [0.2, 0.25) is 0 Å². The molecule has 218 valence electrons. The number of hydrogen-bond acceptors (Lipinski definition) is 3. The van der Waals surface area contributed by atoms with Gasteiger partial charge in [0.15, 0.2) is 0 Å². The lowest BCUT2D eigenvalue weighted by Gasteiger charge is -2.18. The summed E-state index contributed by atoms with van der Waals surface area (Å²) in [6.45, 7) is 0. The molecule has 3 heteroatoms. The minimum Gasteiger partial charge on any atom is -0.456 e. The number of benzene rings is 8. The third-order valence-electron chi connectivity index (χ3n) is 9.90. The topological polar surface area (TPSA) is 13.1 Å². The highest BCUT2D eigenvalue weighted by atomic mass is 32.1. The predicted molar refractivity (Wildman–Crippen MR) is 205 cm³/mol. The van der Waals surface area contributed by atoms with Gasteiger partial charge >= 0.3 is 0 Å². The van der Waals surface area contributed by atoms with Gasteiger partial charge < -0.3 is 4.42 Å². The van der Waals surface area contributed by atoms with Crippen molar-refractivity contribution in [3.8, 4) is 22.3 Å². The smallest absolute Gasteiger partial charge is 0.136 e. The Morgan fingerprint density at radius 1 is 0.426 bits per heavy atom. The monoisotopic (exact) mass is 632 g/mol. The molecule has 8 aromatic carbocycles. The van der Waals surface area contributed by atoms with Gasteiger partial charge in [-0.2, -0.15) is 0 Å². The van der Waals surface area contributed by atoms with Gasteiger partial charge in [0, 0.05) is 46.6 Å². The van der Waals surface area contributed by atoms with E-state index in [-0.39, 0.29) is 0 Å². The first-order chi connectivity index (χ1) is 23.3. The molecule has 0 saturated heterocycles. The Morgan fingerprint density at radius 2 is 1.11 bits per heavy atom. The summed E-state index contributed by atoms with van der Waals surface area (Å²) in [6.07, 6.45) is 0. The number of furan rings is 1. The van der Waals surface area contributed by atoms with Crippen molar-refractivity contribution in [2.45, 2.75) is 0 Å². The molecule has 47 heavy (non-hydrogen) atoms. The predicted octanol–water partition coefficient (Wildman–Crippen LogP) is 14.0. The van der Waals surface area contributed by atoms with Crippen molar-refractivity contribution in [1.29, 1.82) is 0 Å². The van der Waals surface area contributed by atoms with E-state index in [1.807, 2.05) is 34.8 Å². The van der Waals surface area contributed by atoms with Crippen molar-refractivity contribution in [2.24, 2.45) is 0 Å². The van der Waals surface area contributed by atoms with Crippen molar-refractivity contribution in [1.82, 2.24) is 0 Å². The molecule has 0 spiro atoms. The molecule has 3 aromatic heterocycles. The van der Waals surface area contributed by atoms with Crippen LogP contribution in [0.3, 0.4) is 0 Å². The highest BCUT2D eigenvalue weighted by molar-refractivity contribution is 7.26. The standard InChI is InChI=1S/C44H24OS2/c1-3-12-31-29(10-1)41(26-18-17-25-23-38-35(22-27(25)21-26)28-9-5-7-15-37(28)45-38)30-11-2-4-13-32(30)42(31)36-24-40-43(34-19-20-46-44(34)36)33-14-6-8-16-39(33)47-40/h1-24H. The zero-order valence-electron chi connectivity index (χ0n) is 25.1. The summed E-state index contributed by atoms with van der Waals surface area (Å²) in [5, 5.41) is 16.2. The van der Waals surface area contributed by atoms with Crippen molar-refractivity contribution in [2.75, 3.05) is 0 Å². The van der Waals surface area contributed by atoms with Crippen LogP contribution in [0.5, 0.6) is 0 Å². The molecule has 0 radical (unpaired) electrons. The summed E-state index contributed by atoms with van der Waals surface area (Å²) in [5.74, 6) is 0. The molecule has 0 amide bonds. The van der Waals surface area contributed by atoms with Crippen LogP contribution in [0, 0.1) is 0 Å². The van der Waals surface area contributed by atoms with E-state index >= 15 is 0 Å². The third kappa shape index (κ3) is 3.58. The molecule has 0 N–H and O–H groups in total. The molecular weight excluding hydrogens is 609 g/mol. The van der Waals surface area contributed by atoms with E-state index in [0.717, 1.165) is 21.9 Å². The maximum absolute atomic E-state index is 6.22. The second kappa shape index (κ2) is 9.52. The fraction of sp³-hybridized carbons (Fsp3) is 0. The van der Waals surface area contributed by atoms with Crippen LogP contribution in [0.15, 0.2) is 149 Å². The number of rotatable bonds is 2. The van der Waals surface area contributed by atoms with Crippen LogP contribution in [0.2, 0.25) is 0 Å². The first kappa shape index (κ1) is 25.7. The van der Waals surface area contributed by atoms with Crippen LogP contribution in [0.1, 0.15) is 0 Å². The summed E-state index contributed by atoms with van der Waals surface area (Å²) in [6, 6.07) is 51.3. The van der Waals surface area contributed by atoms with Gasteiger partial charge in [-0.25, -0.2) is 0 Å². The van der Waals surface area contributed by atoms with Crippen molar-refractivity contribution in [3.05, 3.63) is 145 Å². The van der Waals surface area contributed by atoms with Crippen LogP contribution in [0.4, 0.5) is 0 Å². The van der Waals surface area contributed by atoms with E-state index in [2.05, 4.69) is 133 Å². The molecular formula is C44H24OS2. The van der Waals surface area contributed by atoms with E-state index in [4.69, 9.17) is 4.42 Å². The van der Waals surface area contributed by atoms with Crippen LogP contribution >= 0.6 is 22.7 Å². The lowest BCUT2D eigenvalue weighted by Crippen LogP contribution is -1.91. The van der Waals surface area contributed by atoms with Crippen LogP contribution < -0.4 is 0 Å². The molecule has 0 fully saturated rings. The molecule has 0 aliphatic carbocycles. The highest BCUT2D eigenvalue weighted by Crippen LogP contribution is 2.50. The molecule has 11 aromatic rings. The molecule has 0 unspecified atom stereocenters. The summed E-state index contributed by atoms with van der Waals surface area (Å²) in [5.41, 5.74) is 7.01. The SMILES string of the molecule is c1ccc2c(c1)oc1cc3ccc(-c4c5ccccc5c(-c5cc6sc7ccccc7c6c6ccsc56)c5ccccc45)cc3cc12. The van der Waals surface area contributed by atoms with Gasteiger partial charge in [0.05, 0.1) is 0 Å². The van der Waals surface area contributed by atoms with Gasteiger partial charge in [-0.05, 0) is 96.9 Å². The second-order valence-corrected chi connectivity index (χ2v) is 14.4. The van der Waals surface area contributed by atoms with Crippen LogP contribution in [0.25, 0.3) is 107 Å². The Balaban J connectivity index is 1.23. The van der Waals surface area contributed by atoms with Crippen molar-refractivity contribution >= 4 is 107 Å². The minimum atomic E-state index is 0.930. The van der Waals surface area contributed by atoms with Crippen LogP contribution in [-0.2, 0) is 0 Å². The fourth-order valence-corrected chi connectivity index (χ4v) is 9.98. The van der Waals surface area contributed by atoms with Crippen molar-refractivity contribution in [3.63, 3.8) is 0 Å². The third-order valence-corrected chi connectivity index (χ3v) is 12.0. The number of para-hydroxylation sites is 1. The Hall–Kier alpha value is -5.48. The number of fused-ring (bicyclic) bond motifs is 11. The molecule has 0 bridgehead atoms. The summed E-state index contributed by atoms with van der Waals surface area (Å²) in [4.78, 5) is 0. The van der Waals surface area contributed by atoms with Gasteiger partial charge in [-0.1, -0.05) is 97.1 Å². The van der Waals surface area contributed by atoms with Crippen molar-refractivity contribution < 1.29 is 4.42 Å². The average Bonchev–Trinajstić information content (AvgIpc) is 3.84. The van der Waals surface area contributed by atoms with E-state index in [1.54, 1.807) is 0 Å². The van der Waals surface area contributed by atoms with Crippen LogP contribution in [-0.4, -0.2) is 0 Å². The minimum absolute atomic E-state index is 0.930. The maximum atomic E-state index is 6.22. The summed E-state index contributed by atoms with van der Waals surface area (Å²) in [7, 11) is 0. The van der Waals surface area contributed by atoms with E-state index in [1.165, 1.54) is 84.8 Å². The van der Waals surface area contributed by atoms with E-state index in [9.17, 15) is 0 Å². The number of hydrogen-bond donors (Lipinski definition) is 0. The van der Waals surface area contributed by atoms with Gasteiger partial charge in [0.1, 0.15) is 11.2 Å². The Kier molecular flexibility index (Phi) is 5.20. The van der Waals surface area contributed by atoms with Gasteiger partial charge in [0.25, 0.3) is 0 Å². The molecule has 0 saturated carbocycles. The maximum Gasteiger partial charge on any atom is 0.136 e. The van der Waals surface area contributed by atoms with Gasteiger partial charge in [-0.3, -0.25) is 0 Å². The first-order valence-corrected chi connectivity index (χ1v) is 17.6. The molecule has 3 heterocycles. The molecule has 0 aliphatic heterocycles. The number of thiophene rings is 2. The lowest BCUT2D eigenvalue weighted by molar-refractivity contribution is 0.669. The highest BCUT2D eigenvalue weighted by Gasteiger charge is 2.21. The Bertz CT molecular complexity index is 3020. The molecule has 0 atom stereocenters. The largest absolute Gasteiger partial charge is 0.456 e.